The van der Waals surface area contributed by atoms with Crippen molar-refractivity contribution in [2.75, 3.05) is 26.2 Å². The number of aromatic nitrogens is 1. The Labute approximate surface area is 131 Å². The summed E-state index contributed by atoms with van der Waals surface area (Å²) in [4.78, 5) is 31.7. The predicted molar refractivity (Wildman–Crippen MR) is 84.4 cm³/mol. The van der Waals surface area contributed by atoms with Gasteiger partial charge in [-0.15, -0.1) is 0 Å². The summed E-state index contributed by atoms with van der Waals surface area (Å²) in [6.45, 7) is 5.42. The molecule has 0 bridgehead atoms. The van der Waals surface area contributed by atoms with E-state index >= 15 is 0 Å². The number of H-pyrrole nitrogens is 1. The molecule has 2 saturated heterocycles. The van der Waals surface area contributed by atoms with Crippen molar-refractivity contribution in [2.24, 2.45) is 11.8 Å². The number of hydrogen-bond donors (Lipinski definition) is 1. The Bertz CT molecular complexity index is 510. The number of amides is 2. The number of carbonyl (C=O) groups is 2. The summed E-state index contributed by atoms with van der Waals surface area (Å²) in [5.74, 6) is 1.19. The van der Waals surface area contributed by atoms with Gasteiger partial charge in [0.05, 0.1) is 0 Å². The monoisotopic (exact) mass is 303 g/mol. The van der Waals surface area contributed by atoms with Crippen molar-refractivity contribution in [3.8, 4) is 0 Å². The van der Waals surface area contributed by atoms with Crippen LogP contribution in [0.25, 0.3) is 0 Å². The fourth-order valence-corrected chi connectivity index (χ4v) is 3.45. The highest BCUT2D eigenvalue weighted by atomic mass is 16.2. The number of aromatic amines is 1. The fraction of sp³-hybridized carbons (Fsp3) is 0.647. The third-order valence-electron chi connectivity index (χ3n) is 5.06. The highest BCUT2D eigenvalue weighted by molar-refractivity contribution is 5.92. The minimum absolute atomic E-state index is 0.0442. The summed E-state index contributed by atoms with van der Waals surface area (Å²) in [6.07, 6.45) is 5.58. The molecule has 1 aromatic heterocycles. The smallest absolute Gasteiger partial charge is 0.270 e. The fourth-order valence-electron chi connectivity index (χ4n) is 3.45. The van der Waals surface area contributed by atoms with Gasteiger partial charge < -0.3 is 14.8 Å². The van der Waals surface area contributed by atoms with Gasteiger partial charge in [-0.2, -0.15) is 0 Å². The summed E-state index contributed by atoms with van der Waals surface area (Å²) < 4.78 is 0. The third-order valence-corrected chi connectivity index (χ3v) is 5.06. The van der Waals surface area contributed by atoms with Gasteiger partial charge in [-0.3, -0.25) is 9.59 Å². The van der Waals surface area contributed by atoms with Crippen molar-refractivity contribution in [3.05, 3.63) is 24.0 Å². The number of nitrogens with one attached hydrogen (secondary N) is 1. The Morgan fingerprint density at radius 3 is 2.27 bits per heavy atom. The van der Waals surface area contributed by atoms with E-state index in [4.69, 9.17) is 0 Å². The maximum atomic E-state index is 12.6. The average molecular weight is 303 g/mol. The molecule has 0 unspecified atom stereocenters. The van der Waals surface area contributed by atoms with Gasteiger partial charge in [0.2, 0.25) is 5.91 Å². The predicted octanol–water partition coefficient (Wildman–Crippen LogP) is 2.13. The Morgan fingerprint density at radius 2 is 1.68 bits per heavy atom. The third kappa shape index (κ3) is 3.18. The molecule has 2 fully saturated rings. The molecule has 0 atom stereocenters. The van der Waals surface area contributed by atoms with E-state index in [0.717, 1.165) is 44.7 Å². The van der Waals surface area contributed by atoms with E-state index in [1.165, 1.54) is 0 Å². The minimum atomic E-state index is 0.0442. The van der Waals surface area contributed by atoms with E-state index in [2.05, 4.69) is 11.9 Å². The molecule has 1 N–H and O–H groups in total. The topological polar surface area (TPSA) is 56.4 Å². The Balaban J connectivity index is 1.51. The van der Waals surface area contributed by atoms with Gasteiger partial charge in [-0.1, -0.05) is 6.92 Å². The Morgan fingerprint density at radius 1 is 1.05 bits per heavy atom. The van der Waals surface area contributed by atoms with Crippen LogP contribution in [0, 0.1) is 11.8 Å². The minimum Gasteiger partial charge on any atom is -0.357 e. The summed E-state index contributed by atoms with van der Waals surface area (Å²) in [5.41, 5.74) is 0.634. The number of piperidine rings is 2. The number of likely N-dealkylation sites (tertiary alicyclic amines) is 2. The van der Waals surface area contributed by atoms with E-state index in [9.17, 15) is 9.59 Å². The van der Waals surface area contributed by atoms with Crippen LogP contribution >= 0.6 is 0 Å². The first-order valence-electron chi connectivity index (χ1n) is 8.36. The molecule has 2 aliphatic rings. The second kappa shape index (κ2) is 6.55. The summed E-state index contributed by atoms with van der Waals surface area (Å²) in [5, 5.41) is 0. The highest BCUT2D eigenvalue weighted by Crippen LogP contribution is 2.24. The lowest BCUT2D eigenvalue weighted by Crippen LogP contribution is -2.46. The van der Waals surface area contributed by atoms with E-state index in [1.807, 2.05) is 15.9 Å². The second-order valence-corrected chi connectivity index (χ2v) is 6.66. The second-order valence-electron chi connectivity index (χ2n) is 6.66. The molecule has 120 valence electrons. The molecule has 3 rings (SSSR count). The lowest BCUT2D eigenvalue weighted by molar-refractivity contribution is -0.138. The molecule has 5 heteroatoms. The van der Waals surface area contributed by atoms with Crippen LogP contribution in [0.1, 0.15) is 43.1 Å². The molecule has 22 heavy (non-hydrogen) atoms. The first-order valence-corrected chi connectivity index (χ1v) is 8.36. The van der Waals surface area contributed by atoms with Gasteiger partial charge >= 0.3 is 0 Å². The molecule has 0 saturated carbocycles. The lowest BCUT2D eigenvalue weighted by Gasteiger charge is -2.36. The quantitative estimate of drug-likeness (QED) is 0.910. The van der Waals surface area contributed by atoms with Crippen molar-refractivity contribution >= 4 is 11.8 Å². The molecule has 1 aromatic rings. The standard InChI is InChI=1S/C17H25N3O2/c1-13-4-9-19(10-5-13)16(21)14-6-11-20(12-7-14)17(22)15-3-2-8-18-15/h2-3,8,13-14,18H,4-7,9-12H2,1H3. The van der Waals surface area contributed by atoms with Crippen molar-refractivity contribution in [1.29, 1.82) is 0 Å². The molecular weight excluding hydrogens is 278 g/mol. The van der Waals surface area contributed by atoms with Crippen molar-refractivity contribution in [3.63, 3.8) is 0 Å². The van der Waals surface area contributed by atoms with Gasteiger partial charge in [-0.25, -0.2) is 0 Å². The summed E-state index contributed by atoms with van der Waals surface area (Å²) in [7, 11) is 0. The molecule has 2 aliphatic heterocycles. The average Bonchev–Trinajstić information content (AvgIpc) is 3.09. The number of hydrogen-bond acceptors (Lipinski definition) is 2. The van der Waals surface area contributed by atoms with Gasteiger partial charge in [0.25, 0.3) is 5.91 Å². The maximum absolute atomic E-state index is 12.6. The zero-order valence-corrected chi connectivity index (χ0v) is 13.3. The van der Waals surface area contributed by atoms with Crippen LogP contribution in [0.2, 0.25) is 0 Å². The van der Waals surface area contributed by atoms with E-state index in [0.29, 0.717) is 24.7 Å². The molecule has 0 aliphatic carbocycles. The van der Waals surface area contributed by atoms with Crippen LogP contribution in [0.4, 0.5) is 0 Å². The van der Waals surface area contributed by atoms with Crippen molar-refractivity contribution in [1.82, 2.24) is 14.8 Å². The summed E-state index contributed by atoms with van der Waals surface area (Å²) >= 11 is 0. The molecule has 0 spiro atoms. The molecule has 2 amide bonds. The lowest BCUT2D eigenvalue weighted by atomic mass is 9.92. The first kappa shape index (κ1) is 15.1. The van der Waals surface area contributed by atoms with Gasteiger partial charge in [-0.05, 0) is 43.7 Å². The summed E-state index contributed by atoms with van der Waals surface area (Å²) in [6, 6.07) is 3.63. The van der Waals surface area contributed by atoms with Crippen LogP contribution < -0.4 is 0 Å². The molecule has 0 radical (unpaired) electrons. The van der Waals surface area contributed by atoms with E-state index in [-0.39, 0.29) is 11.8 Å². The van der Waals surface area contributed by atoms with Crippen LogP contribution in [0.3, 0.4) is 0 Å². The SMILES string of the molecule is CC1CCN(C(=O)C2CCN(C(=O)c3ccc[nH]3)CC2)CC1. The zero-order chi connectivity index (χ0) is 15.5. The normalized spacial score (nSPS) is 21.1. The first-order chi connectivity index (χ1) is 10.6. The zero-order valence-electron chi connectivity index (χ0n) is 13.3. The molecule has 3 heterocycles. The largest absolute Gasteiger partial charge is 0.357 e. The van der Waals surface area contributed by atoms with Gasteiger partial charge in [0, 0.05) is 38.3 Å². The number of rotatable bonds is 2. The number of carbonyl (C=O) groups excluding carboxylic acids is 2. The molecular formula is C17H25N3O2. The van der Waals surface area contributed by atoms with Gasteiger partial charge in [0.1, 0.15) is 5.69 Å². The molecule has 0 aromatic carbocycles. The van der Waals surface area contributed by atoms with E-state index in [1.54, 1.807) is 12.3 Å². The van der Waals surface area contributed by atoms with Crippen molar-refractivity contribution < 1.29 is 9.59 Å². The van der Waals surface area contributed by atoms with Crippen LogP contribution in [-0.4, -0.2) is 52.8 Å². The van der Waals surface area contributed by atoms with Crippen LogP contribution in [0.15, 0.2) is 18.3 Å². The van der Waals surface area contributed by atoms with E-state index < -0.39 is 0 Å². The number of nitrogens with zero attached hydrogens (tertiary/aromatic N) is 2. The Hall–Kier alpha value is -1.78. The highest BCUT2D eigenvalue weighted by Gasteiger charge is 2.31. The Kier molecular flexibility index (Phi) is 4.50. The van der Waals surface area contributed by atoms with Crippen LogP contribution in [-0.2, 0) is 4.79 Å². The molecule has 5 nitrogen and oxygen atoms in total. The van der Waals surface area contributed by atoms with Crippen LogP contribution in [0.5, 0.6) is 0 Å². The maximum Gasteiger partial charge on any atom is 0.270 e. The van der Waals surface area contributed by atoms with Crippen molar-refractivity contribution in [2.45, 2.75) is 32.6 Å². The van der Waals surface area contributed by atoms with Gasteiger partial charge in [0.15, 0.2) is 0 Å².